The van der Waals surface area contributed by atoms with Crippen molar-refractivity contribution >= 4 is 5.91 Å². The van der Waals surface area contributed by atoms with Gasteiger partial charge in [0.15, 0.2) is 0 Å². The average molecular weight is 356 g/mol. The molecule has 0 unspecified atom stereocenters. The van der Waals surface area contributed by atoms with Gasteiger partial charge in [-0.15, -0.1) is 0 Å². The summed E-state index contributed by atoms with van der Waals surface area (Å²) in [6, 6.07) is 6.86. The number of carbonyl (C=O) groups excluding carboxylic acids is 1. The van der Waals surface area contributed by atoms with Crippen molar-refractivity contribution in [2.45, 2.75) is 50.4 Å². The summed E-state index contributed by atoms with van der Waals surface area (Å²) in [5, 5.41) is 1.85. The van der Waals surface area contributed by atoms with Crippen LogP contribution in [0.1, 0.15) is 42.5 Å². The Morgan fingerprint density at radius 1 is 1.12 bits per heavy atom. The second kappa shape index (κ2) is 7.64. The Kier molecular flexibility index (Phi) is 5.51. The number of hydrogen-bond donors (Lipinski definition) is 1. The van der Waals surface area contributed by atoms with Crippen LogP contribution < -0.4 is 10.1 Å². The summed E-state index contributed by atoms with van der Waals surface area (Å²) in [6.45, 7) is 1.03. The maximum Gasteiger partial charge on any atom is 0.405 e. The van der Waals surface area contributed by atoms with Crippen molar-refractivity contribution in [2.75, 3.05) is 19.6 Å². The molecule has 1 N–H and O–H groups in total. The van der Waals surface area contributed by atoms with Gasteiger partial charge in [0.05, 0.1) is 0 Å². The maximum atomic E-state index is 12.1. The first-order valence-corrected chi connectivity index (χ1v) is 8.76. The van der Waals surface area contributed by atoms with Crippen LogP contribution in [0.3, 0.4) is 0 Å². The Morgan fingerprint density at radius 3 is 2.36 bits per heavy atom. The summed E-state index contributed by atoms with van der Waals surface area (Å²) in [4.78, 5) is 14.2. The summed E-state index contributed by atoms with van der Waals surface area (Å²) in [5.74, 6) is -0.0906. The molecule has 1 amide bonds. The van der Waals surface area contributed by atoms with Gasteiger partial charge in [0, 0.05) is 24.4 Å². The molecule has 0 radical (unpaired) electrons. The standard InChI is InChI=1S/C18H23F3N2O2/c19-18(20,21)12-22-17(24)13-4-6-15(7-5-13)25-16-10-14(11-16)23-8-2-1-3-9-23/h4-7,14,16H,1-3,8-12H2,(H,22,24). The number of amides is 1. The minimum Gasteiger partial charge on any atom is -0.490 e. The van der Waals surface area contributed by atoms with Crippen LogP contribution >= 0.6 is 0 Å². The van der Waals surface area contributed by atoms with E-state index in [-0.39, 0.29) is 11.7 Å². The van der Waals surface area contributed by atoms with Crippen LogP contribution in [0.15, 0.2) is 24.3 Å². The summed E-state index contributed by atoms with van der Waals surface area (Å²) in [5.41, 5.74) is 0.191. The fourth-order valence-corrected chi connectivity index (χ4v) is 3.38. The fourth-order valence-electron chi connectivity index (χ4n) is 3.38. The van der Waals surface area contributed by atoms with Crippen LogP contribution in [-0.2, 0) is 0 Å². The summed E-state index contributed by atoms with van der Waals surface area (Å²) in [6.07, 6.45) is 1.67. The lowest BCUT2D eigenvalue weighted by atomic mass is 9.86. The van der Waals surface area contributed by atoms with E-state index in [4.69, 9.17) is 4.74 Å². The van der Waals surface area contributed by atoms with Gasteiger partial charge in [0.25, 0.3) is 5.91 Å². The van der Waals surface area contributed by atoms with Crippen molar-refractivity contribution in [3.8, 4) is 5.75 Å². The van der Waals surface area contributed by atoms with Crippen LogP contribution in [0.4, 0.5) is 13.2 Å². The molecule has 1 aliphatic carbocycles. The summed E-state index contributed by atoms with van der Waals surface area (Å²) in [7, 11) is 0. The number of piperidine rings is 1. The molecule has 1 saturated carbocycles. The van der Waals surface area contributed by atoms with E-state index in [9.17, 15) is 18.0 Å². The van der Waals surface area contributed by atoms with Crippen LogP contribution in [0, 0.1) is 0 Å². The molecule has 0 atom stereocenters. The van der Waals surface area contributed by atoms with E-state index in [0.717, 1.165) is 12.8 Å². The van der Waals surface area contributed by atoms with Crippen molar-refractivity contribution in [3.63, 3.8) is 0 Å². The number of benzene rings is 1. The predicted octanol–water partition coefficient (Wildman–Crippen LogP) is 3.37. The third kappa shape index (κ3) is 5.11. The van der Waals surface area contributed by atoms with Crippen LogP contribution in [0.25, 0.3) is 0 Å². The third-order valence-electron chi connectivity index (χ3n) is 4.85. The van der Waals surface area contributed by atoms with E-state index in [1.807, 2.05) is 5.32 Å². The first-order valence-electron chi connectivity index (χ1n) is 8.76. The van der Waals surface area contributed by atoms with Crippen molar-refractivity contribution in [1.29, 1.82) is 0 Å². The molecular formula is C18H23F3N2O2. The highest BCUT2D eigenvalue weighted by Crippen LogP contribution is 2.31. The number of halogens is 3. The van der Waals surface area contributed by atoms with Crippen molar-refractivity contribution in [3.05, 3.63) is 29.8 Å². The van der Waals surface area contributed by atoms with Gasteiger partial charge in [0.1, 0.15) is 18.4 Å². The predicted molar refractivity (Wildman–Crippen MR) is 87.7 cm³/mol. The highest BCUT2D eigenvalue weighted by atomic mass is 19.4. The molecule has 3 rings (SSSR count). The molecule has 25 heavy (non-hydrogen) atoms. The molecular weight excluding hydrogens is 333 g/mol. The Bertz CT molecular complexity index is 577. The van der Waals surface area contributed by atoms with Gasteiger partial charge in [-0.2, -0.15) is 13.2 Å². The number of ether oxygens (including phenoxy) is 1. The van der Waals surface area contributed by atoms with Gasteiger partial charge in [-0.1, -0.05) is 6.42 Å². The van der Waals surface area contributed by atoms with E-state index >= 15 is 0 Å². The molecule has 4 nitrogen and oxygen atoms in total. The number of alkyl halides is 3. The van der Waals surface area contributed by atoms with Gasteiger partial charge < -0.3 is 15.0 Å². The molecule has 1 aromatic carbocycles. The zero-order valence-electron chi connectivity index (χ0n) is 14.0. The number of hydrogen-bond acceptors (Lipinski definition) is 3. The molecule has 2 aliphatic rings. The van der Waals surface area contributed by atoms with E-state index in [1.165, 1.54) is 44.5 Å². The van der Waals surface area contributed by atoms with E-state index < -0.39 is 18.6 Å². The first kappa shape index (κ1) is 18.0. The highest BCUT2D eigenvalue weighted by molar-refractivity contribution is 5.94. The topological polar surface area (TPSA) is 41.6 Å². The maximum absolute atomic E-state index is 12.1. The molecule has 0 spiro atoms. The lowest BCUT2D eigenvalue weighted by Gasteiger charge is -2.44. The monoisotopic (exact) mass is 356 g/mol. The second-order valence-corrected chi connectivity index (χ2v) is 6.78. The Hall–Kier alpha value is -1.76. The van der Waals surface area contributed by atoms with Gasteiger partial charge in [-0.25, -0.2) is 0 Å². The molecule has 1 aliphatic heterocycles. The van der Waals surface area contributed by atoms with E-state index in [1.54, 1.807) is 12.1 Å². The Balaban J connectivity index is 1.43. The number of nitrogens with one attached hydrogen (secondary N) is 1. The van der Waals surface area contributed by atoms with E-state index in [2.05, 4.69) is 4.90 Å². The summed E-state index contributed by atoms with van der Waals surface area (Å²) < 4.78 is 42.2. The molecule has 138 valence electrons. The zero-order chi connectivity index (χ0) is 17.9. The summed E-state index contributed by atoms with van der Waals surface area (Å²) >= 11 is 0. The Morgan fingerprint density at radius 2 is 1.76 bits per heavy atom. The minimum absolute atomic E-state index is 0.178. The minimum atomic E-state index is -4.41. The van der Waals surface area contributed by atoms with Crippen molar-refractivity contribution in [2.24, 2.45) is 0 Å². The number of carbonyl (C=O) groups is 1. The SMILES string of the molecule is O=C(NCC(F)(F)F)c1ccc(OC2CC(N3CCCCC3)C2)cc1. The highest BCUT2D eigenvalue weighted by Gasteiger charge is 2.35. The lowest BCUT2D eigenvalue weighted by Crippen LogP contribution is -2.50. The number of nitrogens with zero attached hydrogens (tertiary/aromatic N) is 1. The second-order valence-electron chi connectivity index (χ2n) is 6.78. The van der Waals surface area contributed by atoms with Gasteiger partial charge in [0.2, 0.25) is 0 Å². The quantitative estimate of drug-likeness (QED) is 0.879. The largest absolute Gasteiger partial charge is 0.490 e. The molecule has 0 bridgehead atoms. The Labute approximate surface area is 145 Å². The number of likely N-dealkylation sites (tertiary alicyclic amines) is 1. The third-order valence-corrected chi connectivity index (χ3v) is 4.85. The van der Waals surface area contributed by atoms with Crippen LogP contribution in [0.5, 0.6) is 5.75 Å². The average Bonchev–Trinajstić information content (AvgIpc) is 2.56. The first-order chi connectivity index (χ1) is 11.9. The fraction of sp³-hybridized carbons (Fsp3) is 0.611. The van der Waals surface area contributed by atoms with Gasteiger partial charge >= 0.3 is 6.18 Å². The molecule has 2 fully saturated rings. The van der Waals surface area contributed by atoms with E-state index in [0.29, 0.717) is 11.8 Å². The smallest absolute Gasteiger partial charge is 0.405 e. The van der Waals surface area contributed by atoms with Crippen molar-refractivity contribution in [1.82, 2.24) is 10.2 Å². The van der Waals surface area contributed by atoms with Crippen LogP contribution in [-0.4, -0.2) is 48.8 Å². The molecule has 0 aromatic heterocycles. The molecule has 1 heterocycles. The molecule has 1 saturated heterocycles. The van der Waals surface area contributed by atoms with Gasteiger partial charge in [-0.05, 0) is 50.2 Å². The number of rotatable bonds is 5. The lowest BCUT2D eigenvalue weighted by molar-refractivity contribution is -0.123. The molecule has 7 heteroatoms. The zero-order valence-corrected chi connectivity index (χ0v) is 14.0. The van der Waals surface area contributed by atoms with Crippen LogP contribution in [0.2, 0.25) is 0 Å². The normalized spacial score (nSPS) is 24.4. The van der Waals surface area contributed by atoms with Gasteiger partial charge in [-0.3, -0.25) is 4.79 Å². The van der Waals surface area contributed by atoms with Crippen molar-refractivity contribution < 1.29 is 22.7 Å². The molecule has 1 aromatic rings.